The Balaban J connectivity index is 4.09. The fourth-order valence-electron chi connectivity index (χ4n) is 7.95. The van der Waals surface area contributed by atoms with Crippen LogP contribution in [0.25, 0.3) is 0 Å². The smallest absolute Gasteiger partial charge is 0.361 e. The van der Waals surface area contributed by atoms with Gasteiger partial charge >= 0.3 is 17.9 Å². The van der Waals surface area contributed by atoms with Crippen molar-refractivity contribution in [2.75, 3.05) is 47.5 Å². The van der Waals surface area contributed by atoms with E-state index >= 15 is 0 Å². The SMILES string of the molecule is CC/C=C\C/C=C\C/C=C\C/C=C\C/C=C\C/C=C\C/C=C\C/C=C\C/C=C\CCCCCCCCCCCCCC(=O)OC(COC(=O)CCCCCCCCCCCCC)COC(OCC[N+](C)(C)C)C(=O)O. The summed E-state index contributed by atoms with van der Waals surface area (Å²) in [7, 11) is 5.96. The van der Waals surface area contributed by atoms with Gasteiger partial charge in [-0.2, -0.15) is 0 Å². The number of ether oxygens (including phenoxy) is 4. The Morgan fingerprint density at radius 2 is 0.760 bits per heavy atom. The maximum absolute atomic E-state index is 12.9. The molecular weight excluding hydrogens is 935 g/mol. The summed E-state index contributed by atoms with van der Waals surface area (Å²) in [4.78, 5) is 37.3. The topological polar surface area (TPSA) is 108 Å². The molecule has 0 saturated heterocycles. The van der Waals surface area contributed by atoms with Crippen molar-refractivity contribution in [2.45, 2.75) is 245 Å². The van der Waals surface area contributed by atoms with Gasteiger partial charge in [-0.15, -0.1) is 0 Å². The molecule has 0 saturated carbocycles. The molecule has 0 amide bonds. The Labute approximate surface area is 460 Å². The lowest BCUT2D eigenvalue weighted by atomic mass is 10.0. The summed E-state index contributed by atoms with van der Waals surface area (Å²) in [6.45, 7) is 4.74. The van der Waals surface area contributed by atoms with E-state index in [-0.39, 0.29) is 32.2 Å². The summed E-state index contributed by atoms with van der Waals surface area (Å²) in [5, 5.41) is 9.68. The van der Waals surface area contributed by atoms with Crippen molar-refractivity contribution in [3.05, 3.63) is 109 Å². The van der Waals surface area contributed by atoms with Gasteiger partial charge in [0, 0.05) is 12.8 Å². The first-order valence-corrected chi connectivity index (χ1v) is 30.1. The zero-order chi connectivity index (χ0) is 54.8. The lowest BCUT2D eigenvalue weighted by Crippen LogP contribution is -2.40. The second kappa shape index (κ2) is 56.2. The highest BCUT2D eigenvalue weighted by Gasteiger charge is 2.25. The molecule has 0 aliphatic carbocycles. The number of hydrogen-bond acceptors (Lipinski definition) is 7. The van der Waals surface area contributed by atoms with Crippen LogP contribution in [0.15, 0.2) is 109 Å². The Kier molecular flexibility index (Phi) is 53.1. The highest BCUT2D eigenvalue weighted by molar-refractivity contribution is 5.71. The van der Waals surface area contributed by atoms with E-state index in [0.717, 1.165) is 103 Å². The second-order valence-electron chi connectivity index (χ2n) is 20.9. The van der Waals surface area contributed by atoms with Crippen LogP contribution >= 0.6 is 0 Å². The minimum atomic E-state index is -1.51. The van der Waals surface area contributed by atoms with E-state index in [1.54, 1.807) is 0 Å². The molecule has 0 bridgehead atoms. The number of quaternary nitrogens is 1. The standard InChI is InChI=1S/C66H111NO8/c1-6-8-10-12-14-16-18-19-20-21-22-23-24-25-26-27-28-29-30-31-32-33-34-35-36-37-38-39-40-41-42-43-44-45-47-49-51-53-55-57-64(69)75-62(61-74-66(65(70)71)72-59-58-67(3,4)5)60-73-63(68)56-54-52-50-48-46-17-15-13-11-9-7-2/h8,10,14,16,19-20,22-23,25-26,28-29,31-32,34-35,37-38,62,66H,6-7,9,11-13,15,17-18,21,24,27,30,33,36,39-61H2,1-5H3/p+1/b10-8-,16-14-,20-19-,23-22-,26-25-,29-28-,32-31-,35-34-,38-37-. The van der Waals surface area contributed by atoms with Gasteiger partial charge in [0.15, 0.2) is 6.10 Å². The minimum absolute atomic E-state index is 0.184. The normalized spacial score (nSPS) is 13.6. The average molecular weight is 1050 g/mol. The fourth-order valence-corrected chi connectivity index (χ4v) is 7.95. The first-order chi connectivity index (χ1) is 36.6. The Morgan fingerprint density at radius 1 is 0.413 bits per heavy atom. The molecule has 428 valence electrons. The van der Waals surface area contributed by atoms with Crippen molar-refractivity contribution in [1.82, 2.24) is 0 Å². The highest BCUT2D eigenvalue weighted by Crippen LogP contribution is 2.15. The van der Waals surface area contributed by atoms with Gasteiger partial charge in [-0.05, 0) is 83.5 Å². The molecule has 1 N–H and O–H groups in total. The molecule has 2 atom stereocenters. The number of carbonyl (C=O) groups is 3. The third-order valence-electron chi connectivity index (χ3n) is 12.5. The summed E-state index contributed by atoms with van der Waals surface area (Å²) in [5.74, 6) is -2.01. The molecule has 9 heteroatoms. The van der Waals surface area contributed by atoms with E-state index in [1.807, 2.05) is 21.1 Å². The molecule has 0 spiro atoms. The molecule has 2 unspecified atom stereocenters. The maximum Gasteiger partial charge on any atom is 0.361 e. The van der Waals surface area contributed by atoms with Crippen LogP contribution in [0.4, 0.5) is 0 Å². The van der Waals surface area contributed by atoms with Crippen molar-refractivity contribution in [2.24, 2.45) is 0 Å². The number of esters is 2. The Morgan fingerprint density at radius 3 is 1.13 bits per heavy atom. The fraction of sp³-hybridized carbons (Fsp3) is 0.682. The van der Waals surface area contributed by atoms with Crippen LogP contribution in [-0.2, 0) is 33.3 Å². The molecule has 0 aromatic carbocycles. The lowest BCUT2D eigenvalue weighted by Gasteiger charge is -2.25. The first kappa shape index (κ1) is 71.0. The number of hydrogen-bond donors (Lipinski definition) is 1. The molecule has 9 nitrogen and oxygen atoms in total. The summed E-state index contributed by atoms with van der Waals surface area (Å²) in [6.07, 6.45) is 74.7. The van der Waals surface area contributed by atoms with E-state index in [0.29, 0.717) is 23.9 Å². The van der Waals surface area contributed by atoms with Crippen LogP contribution in [-0.4, -0.2) is 87.4 Å². The van der Waals surface area contributed by atoms with E-state index in [2.05, 4.69) is 123 Å². The largest absolute Gasteiger partial charge is 0.477 e. The average Bonchev–Trinajstić information content (AvgIpc) is 3.38. The van der Waals surface area contributed by atoms with E-state index < -0.39 is 24.3 Å². The van der Waals surface area contributed by atoms with Gasteiger partial charge in [-0.3, -0.25) is 9.59 Å². The highest BCUT2D eigenvalue weighted by atomic mass is 16.7. The van der Waals surface area contributed by atoms with Crippen molar-refractivity contribution < 1.29 is 42.9 Å². The zero-order valence-corrected chi connectivity index (χ0v) is 48.7. The number of rotatable bonds is 54. The van der Waals surface area contributed by atoms with E-state index in [4.69, 9.17) is 18.9 Å². The van der Waals surface area contributed by atoms with Crippen LogP contribution in [0.5, 0.6) is 0 Å². The molecule has 0 aliphatic heterocycles. The van der Waals surface area contributed by atoms with Gasteiger partial charge in [0.05, 0.1) is 34.4 Å². The van der Waals surface area contributed by atoms with Gasteiger partial charge in [-0.25, -0.2) is 4.79 Å². The summed E-state index contributed by atoms with van der Waals surface area (Å²) in [5.41, 5.74) is 0. The molecule has 0 aliphatic rings. The first-order valence-electron chi connectivity index (χ1n) is 30.1. The predicted octanol–water partition coefficient (Wildman–Crippen LogP) is 17.9. The van der Waals surface area contributed by atoms with Crippen LogP contribution in [0, 0.1) is 0 Å². The van der Waals surface area contributed by atoms with Crippen LogP contribution in [0.2, 0.25) is 0 Å². The third kappa shape index (κ3) is 57.5. The molecule has 0 aromatic rings. The Bertz CT molecular complexity index is 1590. The minimum Gasteiger partial charge on any atom is -0.477 e. The van der Waals surface area contributed by atoms with Crippen molar-refractivity contribution >= 4 is 17.9 Å². The summed E-state index contributed by atoms with van der Waals surface area (Å²) < 4.78 is 22.8. The van der Waals surface area contributed by atoms with Gasteiger partial charge < -0.3 is 28.5 Å². The van der Waals surface area contributed by atoms with Gasteiger partial charge in [0.2, 0.25) is 0 Å². The number of unbranched alkanes of at least 4 members (excludes halogenated alkanes) is 21. The number of carbonyl (C=O) groups excluding carboxylic acids is 2. The number of likely N-dealkylation sites (N-methyl/N-ethyl adjacent to an activating group) is 1. The zero-order valence-electron chi connectivity index (χ0n) is 48.7. The number of carboxylic acid groups (broad SMARTS) is 1. The quantitative estimate of drug-likeness (QED) is 0.0211. The monoisotopic (exact) mass is 1050 g/mol. The molecular formula is C66H112NO8+. The Hall–Kier alpha value is -4.05. The van der Waals surface area contributed by atoms with Crippen molar-refractivity contribution in [3.63, 3.8) is 0 Å². The van der Waals surface area contributed by atoms with Gasteiger partial charge in [-0.1, -0.05) is 245 Å². The van der Waals surface area contributed by atoms with Gasteiger partial charge in [0.25, 0.3) is 6.29 Å². The molecule has 0 fully saturated rings. The van der Waals surface area contributed by atoms with Crippen molar-refractivity contribution in [3.8, 4) is 0 Å². The van der Waals surface area contributed by atoms with Crippen LogP contribution in [0.3, 0.4) is 0 Å². The third-order valence-corrected chi connectivity index (χ3v) is 12.5. The number of nitrogens with zero attached hydrogens (tertiary/aromatic N) is 1. The molecule has 0 rings (SSSR count). The number of aliphatic carboxylic acids is 1. The van der Waals surface area contributed by atoms with E-state index in [9.17, 15) is 19.5 Å². The van der Waals surface area contributed by atoms with Crippen molar-refractivity contribution in [1.29, 1.82) is 0 Å². The number of allylic oxidation sites excluding steroid dienone is 18. The second-order valence-corrected chi connectivity index (χ2v) is 20.9. The number of carboxylic acids is 1. The lowest BCUT2D eigenvalue weighted by molar-refractivity contribution is -0.870. The van der Waals surface area contributed by atoms with Gasteiger partial charge in [0.1, 0.15) is 13.2 Å². The van der Waals surface area contributed by atoms with E-state index in [1.165, 1.54) is 96.3 Å². The summed E-state index contributed by atoms with van der Waals surface area (Å²) >= 11 is 0. The summed E-state index contributed by atoms with van der Waals surface area (Å²) in [6, 6.07) is 0. The molecule has 75 heavy (non-hydrogen) atoms. The maximum atomic E-state index is 12.9. The van der Waals surface area contributed by atoms with Crippen LogP contribution < -0.4 is 0 Å². The van der Waals surface area contributed by atoms with Crippen LogP contribution in [0.1, 0.15) is 232 Å². The molecule has 0 radical (unpaired) electrons. The predicted molar refractivity (Wildman–Crippen MR) is 318 cm³/mol. The molecule has 0 heterocycles. The molecule has 0 aromatic heterocycles.